The van der Waals surface area contributed by atoms with Gasteiger partial charge in [-0.3, -0.25) is 0 Å². The van der Waals surface area contributed by atoms with Gasteiger partial charge < -0.3 is 4.74 Å². The van der Waals surface area contributed by atoms with Gasteiger partial charge in [-0.05, 0) is 69.6 Å². The lowest BCUT2D eigenvalue weighted by Crippen LogP contribution is -2.24. The molecule has 2 aliphatic carbocycles. The molecule has 4 heteroatoms. The lowest BCUT2D eigenvalue weighted by Gasteiger charge is -2.32. The summed E-state index contributed by atoms with van der Waals surface area (Å²) in [4.78, 5) is 14.1. The van der Waals surface area contributed by atoms with E-state index in [2.05, 4.69) is 4.99 Å². The number of ether oxygens (including phenoxy) is 1. The maximum atomic E-state index is 10.2. The van der Waals surface area contributed by atoms with Crippen LogP contribution in [0.15, 0.2) is 4.99 Å². The molecule has 0 unspecified atom stereocenters. The molecule has 0 N–H and O–H groups in total. The van der Waals surface area contributed by atoms with E-state index in [1.54, 1.807) is 6.08 Å². The average Bonchev–Trinajstić information content (AvgIpc) is 2.44. The third-order valence-corrected chi connectivity index (χ3v) is 4.73. The van der Waals surface area contributed by atoms with E-state index < -0.39 is 0 Å². The van der Waals surface area contributed by atoms with Crippen LogP contribution in [0.1, 0.15) is 57.8 Å². The number of hydrogen-bond donors (Lipinski definition) is 0. The van der Waals surface area contributed by atoms with Crippen molar-refractivity contribution in [3.05, 3.63) is 0 Å². The highest BCUT2D eigenvalue weighted by Crippen LogP contribution is 2.36. The quantitative estimate of drug-likeness (QED) is 0.443. The predicted octanol–water partition coefficient (Wildman–Crippen LogP) is 3.33. The molecule has 2 fully saturated rings. The summed E-state index contributed by atoms with van der Waals surface area (Å²) in [5, 5.41) is 8.51. The van der Waals surface area contributed by atoms with Crippen LogP contribution in [0.25, 0.3) is 0 Å². The van der Waals surface area contributed by atoms with Crippen LogP contribution < -0.4 is 0 Å². The summed E-state index contributed by atoms with van der Waals surface area (Å²) >= 11 is 0. The molecule has 19 heavy (non-hydrogen) atoms. The first-order chi connectivity index (χ1) is 9.31. The molecule has 0 aliphatic heterocycles. The van der Waals surface area contributed by atoms with Crippen molar-refractivity contribution in [1.29, 1.82) is 5.26 Å². The maximum absolute atomic E-state index is 10.2. The van der Waals surface area contributed by atoms with E-state index in [4.69, 9.17) is 10.00 Å². The number of carbonyl (C=O) groups excluding carboxylic acids is 1. The van der Waals surface area contributed by atoms with Crippen LogP contribution in [-0.4, -0.2) is 18.2 Å². The predicted molar refractivity (Wildman–Crippen MR) is 70.9 cm³/mol. The Kier molecular flexibility index (Phi) is 5.42. The number of nitriles is 1. The summed E-state index contributed by atoms with van der Waals surface area (Å²) in [6, 6.07) is 0.230. The Morgan fingerprint density at radius 3 is 2.11 bits per heavy atom. The molecule has 4 nitrogen and oxygen atoms in total. The number of aliphatic imine (C=N–C) groups is 1. The van der Waals surface area contributed by atoms with Crippen molar-refractivity contribution < 1.29 is 9.53 Å². The maximum Gasteiger partial charge on any atom is 0.286 e. The fourth-order valence-corrected chi connectivity index (χ4v) is 3.62. The van der Waals surface area contributed by atoms with Crippen molar-refractivity contribution in [2.24, 2.45) is 16.8 Å². The molecule has 0 aromatic heterocycles. The van der Waals surface area contributed by atoms with Crippen LogP contribution >= 0.6 is 0 Å². The van der Waals surface area contributed by atoms with Gasteiger partial charge in [0.25, 0.3) is 6.26 Å². The third-order valence-electron chi connectivity index (χ3n) is 4.73. The number of isocyanates is 1. The second-order valence-electron chi connectivity index (χ2n) is 5.98. The SMILES string of the molecule is N#CO[C@H]1CC[C@H](C[C@H]2CC[C@@H](N=C=O)CC2)CC1. The molecule has 0 heterocycles. The fraction of sp³-hybridized carbons (Fsp3) is 0.867. The summed E-state index contributed by atoms with van der Waals surface area (Å²) in [6.07, 6.45) is 13.9. The average molecular weight is 262 g/mol. The minimum absolute atomic E-state index is 0.166. The fourth-order valence-electron chi connectivity index (χ4n) is 3.62. The van der Waals surface area contributed by atoms with Crippen molar-refractivity contribution in [1.82, 2.24) is 0 Å². The van der Waals surface area contributed by atoms with Crippen LogP contribution in [0.2, 0.25) is 0 Å². The first-order valence-electron chi connectivity index (χ1n) is 7.43. The van der Waals surface area contributed by atoms with E-state index >= 15 is 0 Å². The molecular formula is C15H22N2O2. The summed E-state index contributed by atoms with van der Waals surface area (Å²) in [5.74, 6) is 1.60. The van der Waals surface area contributed by atoms with Crippen LogP contribution in [0.5, 0.6) is 0 Å². The van der Waals surface area contributed by atoms with E-state index in [-0.39, 0.29) is 12.1 Å². The van der Waals surface area contributed by atoms with E-state index in [9.17, 15) is 4.79 Å². The molecule has 0 saturated heterocycles. The second kappa shape index (κ2) is 7.31. The van der Waals surface area contributed by atoms with Crippen molar-refractivity contribution in [2.75, 3.05) is 0 Å². The Hall–Kier alpha value is -1.33. The van der Waals surface area contributed by atoms with Gasteiger partial charge in [0.2, 0.25) is 6.08 Å². The van der Waals surface area contributed by atoms with Gasteiger partial charge >= 0.3 is 0 Å². The minimum atomic E-state index is 0.166. The first-order valence-corrected chi connectivity index (χ1v) is 7.43. The zero-order chi connectivity index (χ0) is 13.5. The molecule has 2 rings (SSSR count). The van der Waals surface area contributed by atoms with E-state index in [1.807, 2.05) is 6.26 Å². The summed E-state index contributed by atoms with van der Waals surface area (Å²) in [6.45, 7) is 0. The van der Waals surface area contributed by atoms with Crippen molar-refractivity contribution in [3.63, 3.8) is 0 Å². The van der Waals surface area contributed by atoms with Crippen LogP contribution in [0, 0.1) is 23.4 Å². The van der Waals surface area contributed by atoms with Crippen molar-refractivity contribution >= 4 is 6.08 Å². The number of nitrogens with zero attached hydrogens (tertiary/aromatic N) is 2. The zero-order valence-electron chi connectivity index (χ0n) is 11.4. The first kappa shape index (κ1) is 14.1. The molecule has 2 saturated carbocycles. The van der Waals surface area contributed by atoms with Gasteiger partial charge in [0.05, 0.1) is 6.04 Å². The van der Waals surface area contributed by atoms with Gasteiger partial charge in [-0.25, -0.2) is 9.79 Å². The third kappa shape index (κ3) is 4.36. The topological polar surface area (TPSA) is 62.4 Å². The Labute approximate surface area is 114 Å². The Balaban J connectivity index is 1.67. The lowest BCUT2D eigenvalue weighted by molar-refractivity contribution is 0.0915. The molecule has 104 valence electrons. The summed E-state index contributed by atoms with van der Waals surface area (Å²) in [5.41, 5.74) is 0. The smallest absolute Gasteiger partial charge is 0.286 e. The van der Waals surface area contributed by atoms with Gasteiger partial charge in [-0.1, -0.05) is 0 Å². The molecular weight excluding hydrogens is 240 g/mol. The van der Waals surface area contributed by atoms with Crippen molar-refractivity contribution in [2.45, 2.75) is 69.9 Å². The Morgan fingerprint density at radius 2 is 1.58 bits per heavy atom. The summed E-state index contributed by atoms with van der Waals surface area (Å²) < 4.78 is 5.02. The van der Waals surface area contributed by atoms with Gasteiger partial charge in [-0.2, -0.15) is 5.26 Å². The Bertz CT molecular complexity index is 355. The molecule has 0 spiro atoms. The lowest BCUT2D eigenvalue weighted by atomic mass is 9.76. The van der Waals surface area contributed by atoms with Crippen LogP contribution in [0.3, 0.4) is 0 Å². The second-order valence-corrected chi connectivity index (χ2v) is 5.98. The van der Waals surface area contributed by atoms with E-state index in [0.29, 0.717) is 0 Å². The highest BCUT2D eigenvalue weighted by Gasteiger charge is 2.27. The van der Waals surface area contributed by atoms with Crippen molar-refractivity contribution in [3.8, 4) is 6.26 Å². The summed E-state index contributed by atoms with van der Waals surface area (Å²) in [7, 11) is 0. The monoisotopic (exact) mass is 262 g/mol. The zero-order valence-corrected chi connectivity index (χ0v) is 11.4. The minimum Gasteiger partial charge on any atom is -0.424 e. The van der Waals surface area contributed by atoms with E-state index in [1.165, 1.54) is 32.1 Å². The van der Waals surface area contributed by atoms with Gasteiger partial charge in [0.15, 0.2) is 0 Å². The van der Waals surface area contributed by atoms with E-state index in [0.717, 1.165) is 37.5 Å². The molecule has 2 aliphatic rings. The molecule has 0 radical (unpaired) electrons. The normalized spacial score (nSPS) is 34.9. The van der Waals surface area contributed by atoms with Gasteiger partial charge in [-0.15, -0.1) is 0 Å². The van der Waals surface area contributed by atoms with Gasteiger partial charge in [0, 0.05) is 0 Å². The molecule has 0 amide bonds. The highest BCUT2D eigenvalue weighted by molar-refractivity contribution is 5.33. The van der Waals surface area contributed by atoms with Gasteiger partial charge in [0.1, 0.15) is 6.10 Å². The number of rotatable bonds is 4. The van der Waals surface area contributed by atoms with Crippen LogP contribution in [0.4, 0.5) is 0 Å². The largest absolute Gasteiger partial charge is 0.424 e. The number of hydrogen-bond acceptors (Lipinski definition) is 4. The Morgan fingerprint density at radius 1 is 1.00 bits per heavy atom. The highest BCUT2D eigenvalue weighted by atomic mass is 16.5. The molecule has 0 atom stereocenters. The molecule has 0 bridgehead atoms. The molecule has 0 aromatic carbocycles. The standard InChI is InChI=1S/C15H22N2O2/c16-10-19-15-7-3-13(4-8-15)9-12-1-5-14(6-2-12)17-11-18/h12-15H,1-9H2/t12-,13-,14+,15-. The molecule has 0 aromatic rings. The van der Waals surface area contributed by atoms with Crippen LogP contribution in [-0.2, 0) is 9.53 Å².